The summed E-state index contributed by atoms with van der Waals surface area (Å²) in [4.78, 5) is 16.8. The minimum absolute atomic E-state index is 0.0446. The van der Waals surface area contributed by atoms with Gasteiger partial charge in [-0.15, -0.1) is 0 Å². The van der Waals surface area contributed by atoms with E-state index >= 15 is 0 Å². The van der Waals surface area contributed by atoms with Crippen LogP contribution in [-0.2, 0) is 11.8 Å². The highest BCUT2D eigenvalue weighted by atomic mass is 79.9. The molecule has 1 amide bonds. The van der Waals surface area contributed by atoms with Crippen molar-refractivity contribution >= 4 is 21.8 Å². The molecular formula is C13H19BrN4O2. The molecular weight excluding hydrogens is 324 g/mol. The van der Waals surface area contributed by atoms with E-state index in [1.54, 1.807) is 17.8 Å². The SMILES string of the molecule is CN1CCO[C@@H]2CCN(C(=O)c3cc(Br)nn3C)C[C@H]21. The summed E-state index contributed by atoms with van der Waals surface area (Å²) in [5.41, 5.74) is 0.620. The number of aryl methyl sites for hydroxylation is 1. The van der Waals surface area contributed by atoms with Crippen LogP contribution in [0.25, 0.3) is 0 Å². The van der Waals surface area contributed by atoms with Crippen molar-refractivity contribution in [2.75, 3.05) is 33.3 Å². The second kappa shape index (κ2) is 5.46. The number of hydrogen-bond acceptors (Lipinski definition) is 4. The van der Waals surface area contributed by atoms with Gasteiger partial charge in [0.15, 0.2) is 0 Å². The topological polar surface area (TPSA) is 50.6 Å². The molecule has 0 saturated carbocycles. The fourth-order valence-electron chi connectivity index (χ4n) is 3.02. The first-order valence-corrected chi connectivity index (χ1v) is 7.66. The Labute approximate surface area is 126 Å². The number of morpholine rings is 1. The summed E-state index contributed by atoms with van der Waals surface area (Å²) in [6.07, 6.45) is 1.16. The highest BCUT2D eigenvalue weighted by molar-refractivity contribution is 9.10. The second-order valence-electron chi connectivity index (χ2n) is 5.47. The van der Waals surface area contributed by atoms with Crippen LogP contribution >= 0.6 is 15.9 Å². The van der Waals surface area contributed by atoms with Crippen LogP contribution in [0.15, 0.2) is 10.7 Å². The van der Waals surface area contributed by atoms with Gasteiger partial charge in [-0.3, -0.25) is 14.4 Å². The number of likely N-dealkylation sites (N-methyl/N-ethyl adjacent to an activating group) is 1. The van der Waals surface area contributed by atoms with Crippen molar-refractivity contribution in [3.8, 4) is 0 Å². The van der Waals surface area contributed by atoms with Crippen LogP contribution < -0.4 is 0 Å². The van der Waals surface area contributed by atoms with Gasteiger partial charge >= 0.3 is 0 Å². The lowest BCUT2D eigenvalue weighted by atomic mass is 9.99. The third kappa shape index (κ3) is 2.49. The summed E-state index contributed by atoms with van der Waals surface area (Å²) in [6.45, 7) is 3.19. The smallest absolute Gasteiger partial charge is 0.272 e. The number of amides is 1. The molecule has 20 heavy (non-hydrogen) atoms. The molecule has 0 spiro atoms. The van der Waals surface area contributed by atoms with Gasteiger partial charge in [-0.2, -0.15) is 5.10 Å². The Hall–Kier alpha value is -0.920. The Morgan fingerprint density at radius 3 is 2.95 bits per heavy atom. The van der Waals surface area contributed by atoms with Crippen LogP contribution in [0.2, 0.25) is 0 Å². The van der Waals surface area contributed by atoms with Gasteiger partial charge in [-0.1, -0.05) is 0 Å². The second-order valence-corrected chi connectivity index (χ2v) is 6.29. The molecule has 2 saturated heterocycles. The number of piperidine rings is 1. The quantitative estimate of drug-likeness (QED) is 0.754. The van der Waals surface area contributed by atoms with Crippen LogP contribution in [0, 0.1) is 0 Å². The summed E-state index contributed by atoms with van der Waals surface area (Å²) < 4.78 is 8.12. The molecule has 3 rings (SSSR count). The van der Waals surface area contributed by atoms with E-state index in [0.29, 0.717) is 16.3 Å². The van der Waals surface area contributed by atoms with Gasteiger partial charge in [-0.25, -0.2) is 0 Å². The minimum atomic E-state index is 0.0446. The lowest BCUT2D eigenvalue weighted by Gasteiger charge is -2.45. The van der Waals surface area contributed by atoms with E-state index in [1.165, 1.54) is 0 Å². The number of hydrogen-bond donors (Lipinski definition) is 0. The molecule has 2 atom stereocenters. The van der Waals surface area contributed by atoms with Crippen LogP contribution in [0.5, 0.6) is 0 Å². The first kappa shape index (κ1) is 14.0. The van der Waals surface area contributed by atoms with E-state index in [2.05, 4.69) is 33.0 Å². The number of fused-ring (bicyclic) bond motifs is 1. The van der Waals surface area contributed by atoms with E-state index in [1.807, 2.05) is 4.90 Å². The summed E-state index contributed by atoms with van der Waals surface area (Å²) in [7, 11) is 3.90. The van der Waals surface area contributed by atoms with E-state index in [-0.39, 0.29) is 12.0 Å². The number of rotatable bonds is 1. The van der Waals surface area contributed by atoms with Crippen LogP contribution in [0.1, 0.15) is 16.9 Å². The average molecular weight is 343 g/mol. The number of aromatic nitrogens is 2. The maximum Gasteiger partial charge on any atom is 0.272 e. The summed E-state index contributed by atoms with van der Waals surface area (Å²) >= 11 is 3.31. The number of carbonyl (C=O) groups is 1. The predicted octanol–water partition coefficient (Wildman–Crippen LogP) is 0.728. The lowest BCUT2D eigenvalue weighted by Crippen LogP contribution is -2.59. The Balaban J connectivity index is 1.75. The minimum Gasteiger partial charge on any atom is -0.375 e. The number of carbonyl (C=O) groups excluding carboxylic acids is 1. The van der Waals surface area contributed by atoms with E-state index in [9.17, 15) is 4.79 Å². The van der Waals surface area contributed by atoms with Crippen molar-refractivity contribution in [2.45, 2.75) is 18.6 Å². The van der Waals surface area contributed by atoms with Gasteiger partial charge in [0.2, 0.25) is 0 Å². The zero-order chi connectivity index (χ0) is 14.3. The van der Waals surface area contributed by atoms with Crippen LogP contribution in [0.3, 0.4) is 0 Å². The average Bonchev–Trinajstić information content (AvgIpc) is 2.77. The fourth-order valence-corrected chi connectivity index (χ4v) is 3.48. The van der Waals surface area contributed by atoms with Crippen molar-refractivity contribution in [1.82, 2.24) is 19.6 Å². The van der Waals surface area contributed by atoms with Crippen molar-refractivity contribution in [2.24, 2.45) is 7.05 Å². The third-order valence-electron chi connectivity index (χ3n) is 4.22. The standard InChI is InChI=1S/C13H19BrN4O2/c1-16-5-6-20-11-3-4-18(8-10(11)16)13(19)9-7-12(14)15-17(9)2/h7,10-11H,3-6,8H2,1-2H3/t10-,11-/m1/s1. The van der Waals surface area contributed by atoms with Gasteiger partial charge in [-0.05, 0) is 29.4 Å². The van der Waals surface area contributed by atoms with Crippen molar-refractivity contribution < 1.29 is 9.53 Å². The Morgan fingerprint density at radius 2 is 2.25 bits per heavy atom. The monoisotopic (exact) mass is 342 g/mol. The number of nitrogens with zero attached hydrogens (tertiary/aromatic N) is 4. The fraction of sp³-hybridized carbons (Fsp3) is 0.692. The Morgan fingerprint density at radius 1 is 1.45 bits per heavy atom. The molecule has 0 radical (unpaired) electrons. The van der Waals surface area contributed by atoms with Gasteiger partial charge in [0, 0.05) is 32.7 Å². The van der Waals surface area contributed by atoms with E-state index in [0.717, 1.165) is 32.7 Å². The molecule has 0 aliphatic carbocycles. The molecule has 2 fully saturated rings. The zero-order valence-electron chi connectivity index (χ0n) is 11.8. The molecule has 0 bridgehead atoms. The first-order chi connectivity index (χ1) is 9.56. The predicted molar refractivity (Wildman–Crippen MR) is 77.6 cm³/mol. The first-order valence-electron chi connectivity index (χ1n) is 6.87. The van der Waals surface area contributed by atoms with E-state index < -0.39 is 0 Å². The maximum atomic E-state index is 12.6. The van der Waals surface area contributed by atoms with E-state index in [4.69, 9.17) is 4.74 Å². The molecule has 3 heterocycles. The molecule has 2 aliphatic rings. The normalized spacial score (nSPS) is 27.4. The van der Waals surface area contributed by atoms with Gasteiger partial charge in [0.1, 0.15) is 10.3 Å². The van der Waals surface area contributed by atoms with Gasteiger partial charge < -0.3 is 9.64 Å². The molecule has 7 heteroatoms. The molecule has 110 valence electrons. The maximum absolute atomic E-state index is 12.6. The Kier molecular flexibility index (Phi) is 3.83. The number of likely N-dealkylation sites (tertiary alicyclic amines) is 1. The highest BCUT2D eigenvalue weighted by Gasteiger charge is 2.37. The Bertz CT molecular complexity index is 518. The summed E-state index contributed by atoms with van der Waals surface area (Å²) in [6, 6.07) is 2.08. The molecule has 6 nitrogen and oxygen atoms in total. The number of ether oxygens (including phenoxy) is 1. The highest BCUT2D eigenvalue weighted by Crippen LogP contribution is 2.23. The lowest BCUT2D eigenvalue weighted by molar-refractivity contribution is -0.0894. The summed E-state index contributed by atoms with van der Waals surface area (Å²) in [5.74, 6) is 0.0446. The molecule has 0 unspecified atom stereocenters. The van der Waals surface area contributed by atoms with Crippen molar-refractivity contribution in [3.05, 3.63) is 16.4 Å². The molecule has 1 aromatic rings. The third-order valence-corrected chi connectivity index (χ3v) is 4.61. The molecule has 0 aromatic carbocycles. The summed E-state index contributed by atoms with van der Waals surface area (Å²) in [5, 5.41) is 4.17. The van der Waals surface area contributed by atoms with Crippen molar-refractivity contribution in [3.63, 3.8) is 0 Å². The largest absolute Gasteiger partial charge is 0.375 e. The molecule has 2 aliphatic heterocycles. The number of halogens is 1. The van der Waals surface area contributed by atoms with Gasteiger partial charge in [0.05, 0.1) is 18.8 Å². The van der Waals surface area contributed by atoms with Crippen LogP contribution in [-0.4, -0.2) is 70.9 Å². The zero-order valence-corrected chi connectivity index (χ0v) is 13.3. The molecule has 0 N–H and O–H groups in total. The van der Waals surface area contributed by atoms with Gasteiger partial charge in [0.25, 0.3) is 5.91 Å². The van der Waals surface area contributed by atoms with Crippen molar-refractivity contribution in [1.29, 1.82) is 0 Å². The van der Waals surface area contributed by atoms with Crippen LogP contribution in [0.4, 0.5) is 0 Å². The molecule has 1 aromatic heterocycles.